The molecule has 27 heavy (non-hydrogen) atoms. The van der Waals surface area contributed by atoms with Gasteiger partial charge in [-0.05, 0) is 50.2 Å². The zero-order valence-corrected chi connectivity index (χ0v) is 17.2. The molecule has 2 aromatic carbocycles. The number of rotatable bonds is 3. The van der Waals surface area contributed by atoms with Crippen molar-refractivity contribution in [3.05, 3.63) is 46.4 Å². The van der Waals surface area contributed by atoms with Crippen molar-refractivity contribution in [2.45, 2.75) is 31.3 Å². The third-order valence-corrected chi connectivity index (χ3v) is 5.92. The van der Waals surface area contributed by atoms with Crippen LogP contribution in [0.15, 0.2) is 41.3 Å². The number of hydrogen-bond donors (Lipinski definition) is 1. The number of amides is 1. The van der Waals surface area contributed by atoms with Crippen molar-refractivity contribution in [2.75, 3.05) is 16.2 Å². The summed E-state index contributed by atoms with van der Waals surface area (Å²) in [7, 11) is -3.93. The van der Waals surface area contributed by atoms with Gasteiger partial charge in [0.2, 0.25) is 5.91 Å². The van der Waals surface area contributed by atoms with Gasteiger partial charge in [-0.2, -0.15) is 0 Å². The molecule has 0 spiro atoms. The van der Waals surface area contributed by atoms with Gasteiger partial charge in [-0.1, -0.05) is 23.2 Å². The monoisotopic (exact) mass is 428 g/mol. The summed E-state index contributed by atoms with van der Waals surface area (Å²) in [5.74, 6) is 0.251. The molecule has 0 bridgehead atoms. The molecule has 1 aliphatic rings. The zero-order valence-electron chi connectivity index (χ0n) is 14.9. The van der Waals surface area contributed by atoms with Crippen molar-refractivity contribution in [1.29, 1.82) is 0 Å². The lowest BCUT2D eigenvalue weighted by molar-refractivity contribution is -0.117. The molecule has 6 nitrogen and oxygen atoms in total. The first-order chi connectivity index (χ1) is 12.5. The lowest BCUT2D eigenvalue weighted by Crippen LogP contribution is -2.48. The highest BCUT2D eigenvalue weighted by molar-refractivity contribution is 7.92. The van der Waals surface area contributed by atoms with Gasteiger partial charge in [0.15, 0.2) is 0 Å². The largest absolute Gasteiger partial charge is 0.484 e. The van der Waals surface area contributed by atoms with Crippen molar-refractivity contribution in [1.82, 2.24) is 0 Å². The normalized spacial score (nSPS) is 15.7. The SMILES string of the molecule is CC(=O)N1CC(C)(C)Oc2ccc(S(=O)(=O)Nc3ccc(Cl)cc3Cl)cc21. The van der Waals surface area contributed by atoms with Crippen LogP contribution >= 0.6 is 23.2 Å². The lowest BCUT2D eigenvalue weighted by atomic mass is 10.1. The quantitative estimate of drug-likeness (QED) is 0.789. The lowest BCUT2D eigenvalue weighted by Gasteiger charge is -2.39. The van der Waals surface area contributed by atoms with Gasteiger partial charge >= 0.3 is 0 Å². The van der Waals surface area contributed by atoms with E-state index in [1.165, 1.54) is 42.2 Å². The van der Waals surface area contributed by atoms with Gasteiger partial charge in [0.05, 0.1) is 27.8 Å². The minimum atomic E-state index is -3.93. The van der Waals surface area contributed by atoms with E-state index in [9.17, 15) is 13.2 Å². The molecule has 0 atom stereocenters. The molecule has 9 heteroatoms. The topological polar surface area (TPSA) is 75.7 Å². The Morgan fingerprint density at radius 2 is 1.89 bits per heavy atom. The third kappa shape index (κ3) is 4.15. The Balaban J connectivity index is 2.00. The minimum Gasteiger partial charge on any atom is -0.484 e. The van der Waals surface area contributed by atoms with Crippen LogP contribution in [0.2, 0.25) is 10.0 Å². The van der Waals surface area contributed by atoms with E-state index >= 15 is 0 Å². The molecule has 1 heterocycles. The molecule has 0 aromatic heterocycles. The van der Waals surface area contributed by atoms with Gasteiger partial charge in [-0.25, -0.2) is 8.42 Å². The highest BCUT2D eigenvalue weighted by Crippen LogP contribution is 2.39. The summed E-state index contributed by atoms with van der Waals surface area (Å²) in [6.07, 6.45) is 0. The van der Waals surface area contributed by atoms with Crippen molar-refractivity contribution < 1.29 is 17.9 Å². The summed E-state index contributed by atoms with van der Waals surface area (Å²) < 4.78 is 33.9. The van der Waals surface area contributed by atoms with Gasteiger partial charge in [0.1, 0.15) is 11.4 Å². The highest BCUT2D eigenvalue weighted by atomic mass is 35.5. The summed E-state index contributed by atoms with van der Waals surface area (Å²) >= 11 is 11.9. The van der Waals surface area contributed by atoms with Gasteiger partial charge < -0.3 is 9.64 Å². The molecule has 0 radical (unpaired) electrons. The molecule has 1 amide bonds. The molecule has 0 saturated heterocycles. The van der Waals surface area contributed by atoms with E-state index in [-0.39, 0.29) is 21.5 Å². The molecular formula is C18H18Cl2N2O4S. The Bertz CT molecular complexity index is 1020. The number of carbonyl (C=O) groups is 1. The molecule has 0 unspecified atom stereocenters. The maximum atomic E-state index is 12.8. The van der Waals surface area contributed by atoms with Gasteiger partial charge in [-0.15, -0.1) is 0 Å². The molecule has 1 N–H and O–H groups in total. The van der Waals surface area contributed by atoms with Crippen molar-refractivity contribution >= 4 is 50.5 Å². The maximum Gasteiger partial charge on any atom is 0.262 e. The maximum absolute atomic E-state index is 12.8. The van der Waals surface area contributed by atoms with Crippen molar-refractivity contribution in [2.24, 2.45) is 0 Å². The van der Waals surface area contributed by atoms with E-state index in [0.717, 1.165) is 0 Å². The summed E-state index contributed by atoms with van der Waals surface area (Å²) in [6.45, 7) is 5.47. The number of halogens is 2. The fourth-order valence-electron chi connectivity index (χ4n) is 2.81. The van der Waals surface area contributed by atoms with Gasteiger partial charge in [-0.3, -0.25) is 9.52 Å². The van der Waals surface area contributed by atoms with Crippen LogP contribution in [0.1, 0.15) is 20.8 Å². The summed E-state index contributed by atoms with van der Waals surface area (Å²) in [4.78, 5) is 13.5. The number of hydrogen-bond acceptors (Lipinski definition) is 4. The zero-order chi connectivity index (χ0) is 20.0. The van der Waals surface area contributed by atoms with Crippen LogP contribution in [0, 0.1) is 0 Å². The average Bonchev–Trinajstić information content (AvgIpc) is 2.55. The van der Waals surface area contributed by atoms with Crippen LogP contribution in [-0.2, 0) is 14.8 Å². The summed E-state index contributed by atoms with van der Waals surface area (Å²) in [5.41, 5.74) is 0.0419. The third-order valence-electron chi connectivity index (χ3n) is 4.01. The summed E-state index contributed by atoms with van der Waals surface area (Å²) in [5, 5.41) is 0.577. The second kappa shape index (κ2) is 6.89. The van der Waals surface area contributed by atoms with Crippen LogP contribution in [0.5, 0.6) is 5.75 Å². The van der Waals surface area contributed by atoms with Crippen molar-refractivity contribution in [3.8, 4) is 5.75 Å². The van der Waals surface area contributed by atoms with Crippen molar-refractivity contribution in [3.63, 3.8) is 0 Å². The molecule has 2 aromatic rings. The Hall–Kier alpha value is -1.96. The van der Waals surface area contributed by atoms with Crippen LogP contribution in [0.25, 0.3) is 0 Å². The Labute approximate surface area is 168 Å². The molecule has 1 aliphatic heterocycles. The number of nitrogens with zero attached hydrogens (tertiary/aromatic N) is 1. The number of ether oxygens (including phenoxy) is 1. The van der Waals surface area contributed by atoms with E-state index < -0.39 is 15.6 Å². The predicted octanol–water partition coefficient (Wildman–Crippen LogP) is 4.32. The number of carbonyl (C=O) groups excluding carboxylic acids is 1. The van der Waals surface area contributed by atoms with Crippen LogP contribution in [0.3, 0.4) is 0 Å². The van der Waals surface area contributed by atoms with Crippen LogP contribution in [-0.4, -0.2) is 26.5 Å². The Kier molecular flexibility index (Phi) is 5.05. The molecule has 0 saturated carbocycles. The number of benzene rings is 2. The van der Waals surface area contributed by atoms with E-state index in [4.69, 9.17) is 27.9 Å². The molecular weight excluding hydrogens is 411 g/mol. The molecule has 144 valence electrons. The van der Waals surface area contributed by atoms with Gasteiger partial charge in [0, 0.05) is 11.9 Å². The van der Waals surface area contributed by atoms with E-state index in [1.807, 2.05) is 13.8 Å². The smallest absolute Gasteiger partial charge is 0.262 e. The number of anilines is 2. The first kappa shape index (κ1) is 19.8. The Morgan fingerprint density at radius 3 is 2.52 bits per heavy atom. The standard InChI is InChI=1S/C18H18Cl2N2O4S/c1-11(23)22-10-18(2,3)26-17-7-5-13(9-16(17)22)27(24,25)21-15-6-4-12(19)8-14(15)20/h4-9,21H,10H2,1-3H3. The summed E-state index contributed by atoms with van der Waals surface area (Å²) in [6, 6.07) is 8.84. The average molecular weight is 429 g/mol. The molecule has 3 rings (SSSR count). The fraction of sp³-hybridized carbons (Fsp3) is 0.278. The first-order valence-electron chi connectivity index (χ1n) is 8.07. The second-order valence-electron chi connectivity index (χ2n) is 6.83. The van der Waals surface area contributed by atoms with Crippen LogP contribution in [0.4, 0.5) is 11.4 Å². The highest BCUT2D eigenvalue weighted by Gasteiger charge is 2.34. The van der Waals surface area contributed by atoms with E-state index in [1.54, 1.807) is 6.07 Å². The number of nitrogens with one attached hydrogen (secondary N) is 1. The number of fused-ring (bicyclic) bond motifs is 1. The first-order valence-corrected chi connectivity index (χ1v) is 10.3. The van der Waals surface area contributed by atoms with E-state index in [0.29, 0.717) is 23.0 Å². The minimum absolute atomic E-state index is 0.0122. The molecule has 0 aliphatic carbocycles. The number of sulfonamides is 1. The molecule has 0 fully saturated rings. The fourth-order valence-corrected chi connectivity index (χ4v) is 4.43. The predicted molar refractivity (Wildman–Crippen MR) is 106 cm³/mol. The van der Waals surface area contributed by atoms with Gasteiger partial charge in [0.25, 0.3) is 10.0 Å². The van der Waals surface area contributed by atoms with E-state index in [2.05, 4.69) is 4.72 Å². The second-order valence-corrected chi connectivity index (χ2v) is 9.35. The van der Waals surface area contributed by atoms with Crippen LogP contribution < -0.4 is 14.4 Å². The Morgan fingerprint density at radius 1 is 1.19 bits per heavy atom.